The summed E-state index contributed by atoms with van der Waals surface area (Å²) in [4.78, 5) is 0. The van der Waals surface area contributed by atoms with E-state index in [1.807, 2.05) is 18.2 Å². The number of benzene rings is 1. The number of fused-ring (bicyclic) bond motifs is 1. The van der Waals surface area contributed by atoms with E-state index in [1.54, 1.807) is 0 Å². The van der Waals surface area contributed by atoms with Crippen LogP contribution in [0, 0.1) is 0 Å². The van der Waals surface area contributed by atoms with Gasteiger partial charge in [-0.1, -0.05) is 31.2 Å². The van der Waals surface area contributed by atoms with Crippen LogP contribution < -0.4 is 5.32 Å². The fraction of sp³-hybridized carbons (Fsp3) is 0.333. The van der Waals surface area contributed by atoms with Crippen LogP contribution in [-0.2, 0) is 6.42 Å². The lowest BCUT2D eigenvalue weighted by Crippen LogP contribution is -2.18. The number of furan rings is 1. The smallest absolute Gasteiger partial charge is 0.134 e. The Hall–Kier alpha value is -1.54. The van der Waals surface area contributed by atoms with Gasteiger partial charge in [-0.2, -0.15) is 0 Å². The second kappa shape index (κ2) is 5.19. The van der Waals surface area contributed by atoms with Crippen LogP contribution in [0.5, 0.6) is 0 Å². The molecule has 2 heteroatoms. The Morgan fingerprint density at radius 2 is 2.18 bits per heavy atom. The molecule has 0 aliphatic heterocycles. The van der Waals surface area contributed by atoms with Crippen molar-refractivity contribution < 1.29 is 4.42 Å². The Balaban J connectivity index is 2.42. The van der Waals surface area contributed by atoms with Gasteiger partial charge >= 0.3 is 0 Å². The molecule has 2 rings (SSSR count). The van der Waals surface area contributed by atoms with Crippen LogP contribution in [0.25, 0.3) is 11.0 Å². The predicted molar refractivity (Wildman–Crippen MR) is 72.2 cm³/mol. The van der Waals surface area contributed by atoms with E-state index in [-0.39, 0.29) is 6.04 Å². The minimum absolute atomic E-state index is 0.218. The molecule has 90 valence electrons. The Morgan fingerprint density at radius 1 is 1.41 bits per heavy atom. The first kappa shape index (κ1) is 11.9. The van der Waals surface area contributed by atoms with E-state index in [0.29, 0.717) is 0 Å². The Bertz CT molecular complexity index is 513. The maximum Gasteiger partial charge on any atom is 0.134 e. The molecule has 0 saturated heterocycles. The van der Waals surface area contributed by atoms with E-state index in [4.69, 9.17) is 4.42 Å². The fourth-order valence-electron chi connectivity index (χ4n) is 2.18. The summed E-state index contributed by atoms with van der Waals surface area (Å²) in [5, 5.41) is 4.61. The van der Waals surface area contributed by atoms with Crippen LogP contribution in [0.4, 0.5) is 0 Å². The summed E-state index contributed by atoms with van der Waals surface area (Å²) in [5.41, 5.74) is 2.29. The van der Waals surface area contributed by atoms with E-state index in [2.05, 4.69) is 37.9 Å². The normalized spacial score (nSPS) is 12.8. The third-order valence-electron chi connectivity index (χ3n) is 3.04. The summed E-state index contributed by atoms with van der Waals surface area (Å²) >= 11 is 0. The molecule has 0 fully saturated rings. The van der Waals surface area contributed by atoms with Gasteiger partial charge in [0.05, 0.1) is 6.04 Å². The highest BCUT2D eigenvalue weighted by atomic mass is 16.3. The lowest BCUT2D eigenvalue weighted by molar-refractivity contribution is 0.460. The molecule has 1 aromatic carbocycles. The molecule has 0 bridgehead atoms. The molecule has 0 aliphatic carbocycles. The monoisotopic (exact) mass is 229 g/mol. The molecule has 2 aromatic rings. The second-order valence-electron chi connectivity index (χ2n) is 4.21. The van der Waals surface area contributed by atoms with Crippen LogP contribution in [0.1, 0.15) is 31.2 Å². The highest BCUT2D eigenvalue weighted by Gasteiger charge is 2.16. The number of para-hydroxylation sites is 1. The van der Waals surface area contributed by atoms with Crippen LogP contribution >= 0.6 is 0 Å². The zero-order valence-corrected chi connectivity index (χ0v) is 10.5. The minimum atomic E-state index is 0.218. The first-order chi connectivity index (χ1) is 8.27. The van der Waals surface area contributed by atoms with Gasteiger partial charge in [0.15, 0.2) is 0 Å². The van der Waals surface area contributed by atoms with Crippen molar-refractivity contribution in [1.82, 2.24) is 5.32 Å². The fourth-order valence-corrected chi connectivity index (χ4v) is 2.18. The molecule has 1 N–H and O–H groups in total. The molecule has 17 heavy (non-hydrogen) atoms. The Kier molecular flexibility index (Phi) is 3.64. The highest BCUT2D eigenvalue weighted by molar-refractivity contribution is 5.82. The zero-order chi connectivity index (χ0) is 12.3. The van der Waals surface area contributed by atoms with Gasteiger partial charge in [-0.25, -0.2) is 0 Å². The van der Waals surface area contributed by atoms with Gasteiger partial charge in [-0.05, 0) is 19.4 Å². The molecule has 1 heterocycles. The lowest BCUT2D eigenvalue weighted by atomic mass is 10.1. The number of aryl methyl sites for hydroxylation is 1. The summed E-state index contributed by atoms with van der Waals surface area (Å²) < 4.78 is 5.95. The topological polar surface area (TPSA) is 25.2 Å². The van der Waals surface area contributed by atoms with Gasteiger partial charge in [0, 0.05) is 17.5 Å². The number of nitrogens with one attached hydrogen (secondary N) is 1. The molecular weight excluding hydrogens is 210 g/mol. The molecule has 0 spiro atoms. The lowest BCUT2D eigenvalue weighted by Gasteiger charge is -2.11. The van der Waals surface area contributed by atoms with E-state index in [1.165, 1.54) is 10.9 Å². The summed E-state index contributed by atoms with van der Waals surface area (Å²) in [6.07, 6.45) is 2.86. The van der Waals surface area contributed by atoms with Crippen molar-refractivity contribution in [1.29, 1.82) is 0 Å². The van der Waals surface area contributed by atoms with Crippen LogP contribution in [0.2, 0.25) is 0 Å². The van der Waals surface area contributed by atoms with Crippen molar-refractivity contribution >= 4 is 11.0 Å². The molecule has 0 aliphatic rings. The molecule has 2 nitrogen and oxygen atoms in total. The quantitative estimate of drug-likeness (QED) is 0.788. The number of hydrogen-bond donors (Lipinski definition) is 1. The first-order valence-electron chi connectivity index (χ1n) is 6.12. The van der Waals surface area contributed by atoms with Gasteiger partial charge in [0.25, 0.3) is 0 Å². The Morgan fingerprint density at radius 3 is 2.88 bits per heavy atom. The maximum absolute atomic E-state index is 5.95. The number of hydrogen-bond acceptors (Lipinski definition) is 2. The van der Waals surface area contributed by atoms with E-state index in [9.17, 15) is 0 Å². The van der Waals surface area contributed by atoms with Crippen molar-refractivity contribution in [2.75, 3.05) is 6.54 Å². The summed E-state index contributed by atoms with van der Waals surface area (Å²) in [6, 6.07) is 8.44. The van der Waals surface area contributed by atoms with Crippen molar-refractivity contribution in [3.05, 3.63) is 48.2 Å². The summed E-state index contributed by atoms with van der Waals surface area (Å²) in [7, 11) is 0. The zero-order valence-electron chi connectivity index (χ0n) is 10.5. The molecular formula is C15H19NO. The average molecular weight is 229 g/mol. The van der Waals surface area contributed by atoms with Crippen molar-refractivity contribution in [2.24, 2.45) is 0 Å². The minimum Gasteiger partial charge on any atom is -0.459 e. The molecule has 1 aromatic heterocycles. The van der Waals surface area contributed by atoms with Crippen LogP contribution in [-0.4, -0.2) is 6.54 Å². The standard InChI is InChI=1S/C15H19NO/c1-4-10-16-11(3)15-12(5-2)13-8-6-7-9-14(13)17-15/h4,6-9,11,16H,1,5,10H2,2-3H3. The van der Waals surface area contributed by atoms with Crippen molar-refractivity contribution in [2.45, 2.75) is 26.3 Å². The molecule has 0 radical (unpaired) electrons. The van der Waals surface area contributed by atoms with Gasteiger partial charge < -0.3 is 9.73 Å². The Labute approximate surface area is 102 Å². The molecule has 1 atom stereocenters. The van der Waals surface area contributed by atoms with Crippen molar-refractivity contribution in [3.63, 3.8) is 0 Å². The second-order valence-corrected chi connectivity index (χ2v) is 4.21. The SMILES string of the molecule is C=CCNC(C)c1oc2ccccc2c1CC. The largest absolute Gasteiger partial charge is 0.459 e. The third-order valence-corrected chi connectivity index (χ3v) is 3.04. The molecule has 0 amide bonds. The average Bonchev–Trinajstić information content (AvgIpc) is 2.74. The predicted octanol–water partition coefficient (Wildman–Crippen LogP) is 3.83. The highest BCUT2D eigenvalue weighted by Crippen LogP contribution is 2.30. The van der Waals surface area contributed by atoms with Crippen molar-refractivity contribution in [3.8, 4) is 0 Å². The van der Waals surface area contributed by atoms with E-state index >= 15 is 0 Å². The van der Waals surface area contributed by atoms with Gasteiger partial charge in [-0.3, -0.25) is 0 Å². The van der Waals surface area contributed by atoms with Gasteiger partial charge in [-0.15, -0.1) is 6.58 Å². The third kappa shape index (κ3) is 2.27. The summed E-state index contributed by atoms with van der Waals surface area (Å²) in [6.45, 7) is 8.80. The molecule has 0 saturated carbocycles. The van der Waals surface area contributed by atoms with Gasteiger partial charge in [0.1, 0.15) is 11.3 Å². The maximum atomic E-state index is 5.95. The first-order valence-corrected chi connectivity index (χ1v) is 6.12. The molecule has 1 unspecified atom stereocenters. The van der Waals surface area contributed by atoms with Crippen LogP contribution in [0.15, 0.2) is 41.3 Å². The number of rotatable bonds is 5. The van der Waals surface area contributed by atoms with E-state index in [0.717, 1.165) is 24.3 Å². The van der Waals surface area contributed by atoms with E-state index < -0.39 is 0 Å². The van der Waals surface area contributed by atoms with Gasteiger partial charge in [0.2, 0.25) is 0 Å². The summed E-state index contributed by atoms with van der Waals surface area (Å²) in [5.74, 6) is 1.05. The van der Waals surface area contributed by atoms with Crippen LogP contribution in [0.3, 0.4) is 0 Å².